The van der Waals surface area contributed by atoms with Crippen LogP contribution >= 0.6 is 0 Å². The number of anilines is 2. The van der Waals surface area contributed by atoms with Crippen LogP contribution < -0.4 is 5.32 Å². The van der Waals surface area contributed by atoms with E-state index in [0.29, 0.717) is 24.6 Å². The number of hydrogen-bond donors (Lipinski definition) is 1. The maximum Gasteiger partial charge on any atom is 0.256 e. The quantitative estimate of drug-likeness (QED) is 0.917. The Kier molecular flexibility index (Phi) is 4.87. The Labute approximate surface area is 125 Å². The monoisotopic (exact) mass is 284 g/mol. The minimum absolute atomic E-state index is 0.0397. The number of amides is 1. The van der Waals surface area contributed by atoms with E-state index in [1.807, 2.05) is 45.0 Å². The molecule has 0 radical (unpaired) electrons. The second-order valence-corrected chi connectivity index (χ2v) is 4.77. The van der Waals surface area contributed by atoms with E-state index >= 15 is 0 Å². The predicted molar refractivity (Wildman–Crippen MR) is 83.7 cm³/mol. The van der Waals surface area contributed by atoms with Crippen molar-refractivity contribution in [2.24, 2.45) is 0 Å². The maximum absolute atomic E-state index is 12.1. The fourth-order valence-electron chi connectivity index (χ4n) is 2.05. The summed E-state index contributed by atoms with van der Waals surface area (Å²) in [5.74, 6) is 0.443. The summed E-state index contributed by atoms with van der Waals surface area (Å²) in [5.41, 5.74) is 2.60. The van der Waals surface area contributed by atoms with Crippen molar-refractivity contribution < 1.29 is 4.79 Å². The molecule has 0 aliphatic heterocycles. The molecule has 21 heavy (non-hydrogen) atoms. The summed E-state index contributed by atoms with van der Waals surface area (Å²) in [4.78, 5) is 22.3. The second kappa shape index (κ2) is 6.83. The summed E-state index contributed by atoms with van der Waals surface area (Å²) in [6.07, 6.45) is 3.12. The molecule has 5 nitrogen and oxygen atoms in total. The van der Waals surface area contributed by atoms with Gasteiger partial charge in [-0.05, 0) is 38.5 Å². The third-order valence-electron chi connectivity index (χ3n) is 3.22. The van der Waals surface area contributed by atoms with Crippen LogP contribution in [0.5, 0.6) is 0 Å². The molecule has 0 spiro atoms. The van der Waals surface area contributed by atoms with Crippen molar-refractivity contribution in [1.82, 2.24) is 14.9 Å². The van der Waals surface area contributed by atoms with Crippen molar-refractivity contribution in [1.29, 1.82) is 0 Å². The molecule has 1 heterocycles. The van der Waals surface area contributed by atoms with Gasteiger partial charge in [0.1, 0.15) is 0 Å². The lowest BCUT2D eigenvalue weighted by atomic mass is 10.2. The van der Waals surface area contributed by atoms with Gasteiger partial charge in [-0.25, -0.2) is 9.97 Å². The SMILES string of the molecule is CCN(CC)C(=O)c1cnc(Nc2cccc(C)c2)nc1. The first-order valence-corrected chi connectivity index (χ1v) is 7.09. The van der Waals surface area contributed by atoms with E-state index in [-0.39, 0.29) is 5.91 Å². The smallest absolute Gasteiger partial charge is 0.256 e. The van der Waals surface area contributed by atoms with E-state index in [1.165, 1.54) is 0 Å². The Balaban J connectivity index is 2.10. The summed E-state index contributed by atoms with van der Waals surface area (Å²) in [6.45, 7) is 7.29. The van der Waals surface area contributed by atoms with Crippen molar-refractivity contribution in [3.8, 4) is 0 Å². The van der Waals surface area contributed by atoms with Crippen molar-refractivity contribution >= 4 is 17.5 Å². The van der Waals surface area contributed by atoms with Gasteiger partial charge in [0.05, 0.1) is 5.56 Å². The molecule has 0 unspecified atom stereocenters. The molecule has 0 saturated heterocycles. The Morgan fingerprint density at radius 1 is 1.19 bits per heavy atom. The first kappa shape index (κ1) is 15.0. The van der Waals surface area contributed by atoms with Crippen LogP contribution in [0.3, 0.4) is 0 Å². The molecule has 2 aromatic rings. The summed E-state index contributed by atoms with van der Waals surface area (Å²) < 4.78 is 0. The molecule has 1 N–H and O–H groups in total. The molecule has 0 atom stereocenters. The summed E-state index contributed by atoms with van der Waals surface area (Å²) in [5, 5.41) is 3.12. The van der Waals surface area contributed by atoms with Gasteiger partial charge >= 0.3 is 0 Å². The lowest BCUT2D eigenvalue weighted by molar-refractivity contribution is 0.0772. The lowest BCUT2D eigenvalue weighted by Crippen LogP contribution is -2.30. The third kappa shape index (κ3) is 3.78. The van der Waals surface area contributed by atoms with Gasteiger partial charge in [-0.15, -0.1) is 0 Å². The van der Waals surface area contributed by atoms with Crippen LogP contribution in [0.25, 0.3) is 0 Å². The number of nitrogens with one attached hydrogen (secondary N) is 1. The van der Waals surface area contributed by atoms with E-state index in [9.17, 15) is 4.79 Å². The molecule has 1 aromatic carbocycles. The highest BCUT2D eigenvalue weighted by molar-refractivity contribution is 5.93. The van der Waals surface area contributed by atoms with Gasteiger partial charge in [0.2, 0.25) is 5.95 Å². The standard InChI is InChI=1S/C16H20N4O/c1-4-20(5-2)15(21)13-10-17-16(18-11-13)19-14-8-6-7-12(3)9-14/h6-11H,4-5H2,1-3H3,(H,17,18,19). The van der Waals surface area contributed by atoms with Gasteiger partial charge in [-0.1, -0.05) is 12.1 Å². The van der Waals surface area contributed by atoms with Crippen LogP contribution in [-0.2, 0) is 0 Å². The average Bonchev–Trinajstić information content (AvgIpc) is 2.49. The van der Waals surface area contributed by atoms with Crippen LogP contribution in [0.4, 0.5) is 11.6 Å². The summed E-state index contributed by atoms with van der Waals surface area (Å²) in [7, 11) is 0. The predicted octanol–water partition coefficient (Wildman–Crippen LogP) is 3.01. The summed E-state index contributed by atoms with van der Waals surface area (Å²) >= 11 is 0. The van der Waals surface area contributed by atoms with Crippen molar-refractivity contribution in [2.45, 2.75) is 20.8 Å². The Bertz CT molecular complexity index is 606. The largest absolute Gasteiger partial charge is 0.339 e. The molecular weight excluding hydrogens is 264 g/mol. The van der Waals surface area contributed by atoms with Gasteiger partial charge in [-0.3, -0.25) is 4.79 Å². The van der Waals surface area contributed by atoms with Crippen LogP contribution in [0.1, 0.15) is 29.8 Å². The van der Waals surface area contributed by atoms with Gasteiger partial charge in [-0.2, -0.15) is 0 Å². The molecule has 5 heteroatoms. The van der Waals surface area contributed by atoms with E-state index in [2.05, 4.69) is 15.3 Å². The molecule has 0 aliphatic rings. The molecule has 2 rings (SSSR count). The first-order valence-electron chi connectivity index (χ1n) is 7.09. The van der Waals surface area contributed by atoms with Crippen LogP contribution in [0, 0.1) is 6.92 Å². The van der Waals surface area contributed by atoms with Crippen LogP contribution in [-0.4, -0.2) is 33.9 Å². The summed E-state index contributed by atoms with van der Waals surface area (Å²) in [6, 6.07) is 7.96. The highest BCUT2D eigenvalue weighted by Crippen LogP contribution is 2.14. The minimum Gasteiger partial charge on any atom is -0.339 e. The third-order valence-corrected chi connectivity index (χ3v) is 3.22. The van der Waals surface area contributed by atoms with E-state index in [4.69, 9.17) is 0 Å². The molecule has 110 valence electrons. The Morgan fingerprint density at radius 3 is 2.43 bits per heavy atom. The van der Waals surface area contributed by atoms with Gasteiger partial charge in [0.25, 0.3) is 5.91 Å². The molecule has 1 amide bonds. The van der Waals surface area contributed by atoms with Gasteiger partial charge in [0, 0.05) is 31.2 Å². The van der Waals surface area contributed by atoms with Crippen molar-refractivity contribution in [3.63, 3.8) is 0 Å². The fourth-order valence-corrected chi connectivity index (χ4v) is 2.05. The number of aromatic nitrogens is 2. The highest BCUT2D eigenvalue weighted by atomic mass is 16.2. The number of rotatable bonds is 5. The molecule has 0 aliphatic carbocycles. The number of nitrogens with zero attached hydrogens (tertiary/aromatic N) is 3. The molecule has 0 saturated carbocycles. The average molecular weight is 284 g/mol. The molecule has 1 aromatic heterocycles. The van der Waals surface area contributed by atoms with Crippen LogP contribution in [0.2, 0.25) is 0 Å². The zero-order valence-corrected chi connectivity index (χ0v) is 12.6. The van der Waals surface area contributed by atoms with E-state index < -0.39 is 0 Å². The molecular formula is C16H20N4O. The Hall–Kier alpha value is -2.43. The fraction of sp³-hybridized carbons (Fsp3) is 0.312. The zero-order valence-electron chi connectivity index (χ0n) is 12.6. The first-order chi connectivity index (χ1) is 10.1. The van der Waals surface area contributed by atoms with Gasteiger partial charge in [0.15, 0.2) is 0 Å². The highest BCUT2D eigenvalue weighted by Gasteiger charge is 2.13. The van der Waals surface area contributed by atoms with Crippen LogP contribution in [0.15, 0.2) is 36.7 Å². The number of hydrogen-bond acceptors (Lipinski definition) is 4. The van der Waals surface area contributed by atoms with E-state index in [1.54, 1.807) is 17.3 Å². The number of benzene rings is 1. The topological polar surface area (TPSA) is 58.1 Å². The van der Waals surface area contributed by atoms with Crippen molar-refractivity contribution in [2.75, 3.05) is 18.4 Å². The second-order valence-electron chi connectivity index (χ2n) is 4.77. The van der Waals surface area contributed by atoms with E-state index in [0.717, 1.165) is 11.3 Å². The van der Waals surface area contributed by atoms with Crippen molar-refractivity contribution in [3.05, 3.63) is 47.8 Å². The number of carbonyl (C=O) groups is 1. The normalized spacial score (nSPS) is 10.2. The molecule has 0 fully saturated rings. The zero-order chi connectivity index (χ0) is 15.2. The lowest BCUT2D eigenvalue weighted by Gasteiger charge is -2.18. The van der Waals surface area contributed by atoms with Gasteiger partial charge < -0.3 is 10.2 Å². The molecule has 0 bridgehead atoms. The number of carbonyl (C=O) groups excluding carboxylic acids is 1. The Morgan fingerprint density at radius 2 is 1.86 bits per heavy atom. The number of aryl methyl sites for hydroxylation is 1. The minimum atomic E-state index is -0.0397. The maximum atomic E-state index is 12.1.